The molecule has 1 saturated heterocycles. The lowest BCUT2D eigenvalue weighted by Gasteiger charge is -2.32. The van der Waals surface area contributed by atoms with Gasteiger partial charge in [0, 0.05) is 38.4 Å². The molecule has 136 valence electrons. The van der Waals surface area contributed by atoms with Crippen molar-refractivity contribution in [1.29, 1.82) is 0 Å². The number of amides is 1. The molecule has 7 nitrogen and oxygen atoms in total. The van der Waals surface area contributed by atoms with Crippen molar-refractivity contribution in [2.75, 3.05) is 13.1 Å². The van der Waals surface area contributed by atoms with Crippen LogP contribution in [0.1, 0.15) is 30.8 Å². The third kappa shape index (κ3) is 3.71. The average molecular weight is 354 g/mol. The van der Waals surface area contributed by atoms with Crippen molar-refractivity contribution >= 4 is 16.9 Å². The first-order valence-corrected chi connectivity index (χ1v) is 9.06. The van der Waals surface area contributed by atoms with Crippen LogP contribution in [0.25, 0.3) is 11.0 Å². The number of aryl methyl sites for hydroxylation is 1. The number of piperidine rings is 1. The number of para-hydroxylation sites is 2. The number of likely N-dealkylation sites (tertiary alicyclic amines) is 1. The van der Waals surface area contributed by atoms with E-state index in [-0.39, 0.29) is 11.5 Å². The second-order valence-corrected chi connectivity index (χ2v) is 6.93. The van der Waals surface area contributed by atoms with Crippen molar-refractivity contribution in [3.05, 3.63) is 52.3 Å². The van der Waals surface area contributed by atoms with Crippen LogP contribution in [-0.4, -0.2) is 39.0 Å². The molecule has 3 heterocycles. The number of fused-ring (bicyclic) bond motifs is 1. The van der Waals surface area contributed by atoms with Gasteiger partial charge in [-0.25, -0.2) is 4.98 Å². The van der Waals surface area contributed by atoms with Crippen LogP contribution in [0.3, 0.4) is 0 Å². The summed E-state index contributed by atoms with van der Waals surface area (Å²) < 4.78 is 5.01. The van der Waals surface area contributed by atoms with Gasteiger partial charge in [-0.05, 0) is 30.9 Å². The minimum atomic E-state index is -0.267. The first-order chi connectivity index (χ1) is 12.7. The predicted octanol–water partition coefficient (Wildman–Crippen LogP) is 2.26. The zero-order valence-electron chi connectivity index (χ0n) is 14.5. The lowest BCUT2D eigenvalue weighted by molar-refractivity contribution is -0.133. The number of imidazole rings is 1. The average Bonchev–Trinajstić information content (AvgIpc) is 3.25. The molecule has 1 amide bonds. The van der Waals surface area contributed by atoms with E-state index in [4.69, 9.17) is 4.52 Å². The van der Waals surface area contributed by atoms with Gasteiger partial charge >= 0.3 is 0 Å². The molecule has 7 heteroatoms. The zero-order valence-corrected chi connectivity index (χ0v) is 14.5. The van der Waals surface area contributed by atoms with E-state index in [2.05, 4.69) is 15.1 Å². The summed E-state index contributed by atoms with van der Waals surface area (Å²) in [5.41, 5.74) is 1.77. The number of nitrogens with one attached hydrogen (secondary N) is 2. The van der Waals surface area contributed by atoms with Crippen molar-refractivity contribution in [2.45, 2.75) is 32.1 Å². The molecule has 3 aromatic rings. The van der Waals surface area contributed by atoms with E-state index >= 15 is 0 Å². The normalized spacial score (nSPS) is 17.7. The third-order valence-corrected chi connectivity index (χ3v) is 4.95. The Morgan fingerprint density at radius 3 is 3.04 bits per heavy atom. The molecule has 1 fully saturated rings. The molecule has 1 aromatic carbocycles. The minimum absolute atomic E-state index is 0.114. The number of benzene rings is 1. The lowest BCUT2D eigenvalue weighted by Crippen LogP contribution is -2.40. The van der Waals surface area contributed by atoms with E-state index in [0.717, 1.165) is 49.2 Å². The van der Waals surface area contributed by atoms with E-state index in [9.17, 15) is 9.59 Å². The van der Waals surface area contributed by atoms with Crippen molar-refractivity contribution in [1.82, 2.24) is 20.0 Å². The monoisotopic (exact) mass is 354 g/mol. The maximum Gasteiger partial charge on any atom is 0.280 e. The molecular formula is C19H22N4O3. The molecule has 1 aliphatic rings. The van der Waals surface area contributed by atoms with Crippen molar-refractivity contribution in [3.8, 4) is 0 Å². The molecule has 0 radical (unpaired) electrons. The number of carbonyl (C=O) groups is 1. The van der Waals surface area contributed by atoms with Crippen LogP contribution in [0.5, 0.6) is 0 Å². The fourth-order valence-corrected chi connectivity index (χ4v) is 3.67. The maximum atomic E-state index is 12.5. The highest BCUT2D eigenvalue weighted by Crippen LogP contribution is 2.22. The number of rotatable bonds is 5. The largest absolute Gasteiger partial charge is 0.384 e. The number of nitrogens with zero attached hydrogens (tertiary/aromatic N) is 2. The van der Waals surface area contributed by atoms with Gasteiger partial charge < -0.3 is 14.4 Å². The van der Waals surface area contributed by atoms with Crippen LogP contribution in [-0.2, 0) is 17.6 Å². The first-order valence-electron chi connectivity index (χ1n) is 9.06. The summed E-state index contributed by atoms with van der Waals surface area (Å²) >= 11 is 0. The summed E-state index contributed by atoms with van der Waals surface area (Å²) in [5, 5.41) is 2.25. The topological polar surface area (TPSA) is 95.0 Å². The standard InChI is InChI=1S/C19H22N4O3/c24-18-11-14(26-22-18)7-8-19(25)23-9-3-4-13(12-23)10-17-20-15-5-1-2-6-16(15)21-17/h1-2,5-6,11,13H,3-4,7-10,12H2,(H,20,21)(H,22,24). The number of H-pyrrole nitrogens is 2. The van der Waals surface area contributed by atoms with Gasteiger partial charge in [0.15, 0.2) is 0 Å². The number of aromatic amines is 2. The summed E-state index contributed by atoms with van der Waals surface area (Å²) in [5.74, 6) is 2.04. The zero-order chi connectivity index (χ0) is 17.9. The van der Waals surface area contributed by atoms with Crippen molar-refractivity contribution in [2.24, 2.45) is 5.92 Å². The van der Waals surface area contributed by atoms with E-state index in [1.807, 2.05) is 29.2 Å². The van der Waals surface area contributed by atoms with Crippen molar-refractivity contribution < 1.29 is 9.32 Å². The molecule has 26 heavy (non-hydrogen) atoms. The van der Waals surface area contributed by atoms with Gasteiger partial charge in [0.25, 0.3) is 5.56 Å². The van der Waals surface area contributed by atoms with Gasteiger partial charge in [0.1, 0.15) is 11.6 Å². The highest BCUT2D eigenvalue weighted by atomic mass is 16.5. The Balaban J connectivity index is 1.34. The van der Waals surface area contributed by atoms with Crippen LogP contribution >= 0.6 is 0 Å². The third-order valence-electron chi connectivity index (χ3n) is 4.95. The van der Waals surface area contributed by atoms with Crippen LogP contribution < -0.4 is 5.56 Å². The SMILES string of the molecule is O=C(CCc1cc(=O)[nH]o1)N1CCCC(Cc2nc3ccccc3[nH]2)C1. The van der Waals surface area contributed by atoms with E-state index < -0.39 is 0 Å². The lowest BCUT2D eigenvalue weighted by atomic mass is 9.94. The molecule has 0 aliphatic carbocycles. The molecule has 1 atom stereocenters. The molecule has 1 unspecified atom stereocenters. The fraction of sp³-hybridized carbons (Fsp3) is 0.421. The summed E-state index contributed by atoms with van der Waals surface area (Å²) in [6, 6.07) is 9.42. The molecule has 4 rings (SSSR count). The number of hydrogen-bond acceptors (Lipinski definition) is 4. The Labute approximate surface area is 150 Å². The van der Waals surface area contributed by atoms with Gasteiger partial charge in [0.2, 0.25) is 5.91 Å². The molecule has 2 aromatic heterocycles. The highest BCUT2D eigenvalue weighted by molar-refractivity contribution is 5.76. The molecule has 0 bridgehead atoms. The van der Waals surface area contributed by atoms with E-state index in [1.54, 1.807) is 0 Å². The maximum absolute atomic E-state index is 12.5. The van der Waals surface area contributed by atoms with Crippen LogP contribution in [0.4, 0.5) is 0 Å². The fourth-order valence-electron chi connectivity index (χ4n) is 3.67. The van der Waals surface area contributed by atoms with Crippen LogP contribution in [0.15, 0.2) is 39.6 Å². The van der Waals surface area contributed by atoms with Crippen LogP contribution in [0, 0.1) is 5.92 Å². The second-order valence-electron chi connectivity index (χ2n) is 6.93. The predicted molar refractivity (Wildman–Crippen MR) is 96.8 cm³/mol. The summed E-state index contributed by atoms with van der Waals surface area (Å²) in [6.07, 6.45) is 3.77. The number of carbonyl (C=O) groups excluding carboxylic acids is 1. The van der Waals surface area contributed by atoms with Gasteiger partial charge in [-0.15, -0.1) is 0 Å². The molecule has 0 saturated carbocycles. The quantitative estimate of drug-likeness (QED) is 0.735. The summed E-state index contributed by atoms with van der Waals surface area (Å²) in [4.78, 5) is 33.5. The Kier molecular flexibility index (Phi) is 4.60. The Morgan fingerprint density at radius 1 is 1.35 bits per heavy atom. The van der Waals surface area contributed by atoms with Crippen molar-refractivity contribution in [3.63, 3.8) is 0 Å². The molecular weight excluding hydrogens is 332 g/mol. The number of hydrogen-bond donors (Lipinski definition) is 2. The summed E-state index contributed by atoms with van der Waals surface area (Å²) in [6.45, 7) is 1.56. The van der Waals surface area contributed by atoms with Gasteiger partial charge in [-0.2, -0.15) is 5.16 Å². The Morgan fingerprint density at radius 2 is 2.23 bits per heavy atom. The minimum Gasteiger partial charge on any atom is -0.384 e. The van der Waals surface area contributed by atoms with Gasteiger partial charge in [0.05, 0.1) is 11.0 Å². The molecule has 2 N–H and O–H groups in total. The van der Waals surface area contributed by atoms with Gasteiger partial charge in [-0.1, -0.05) is 12.1 Å². The highest BCUT2D eigenvalue weighted by Gasteiger charge is 2.24. The van der Waals surface area contributed by atoms with Crippen LogP contribution in [0.2, 0.25) is 0 Å². The number of aromatic nitrogens is 3. The summed E-state index contributed by atoms with van der Waals surface area (Å²) in [7, 11) is 0. The Bertz CT molecular complexity index is 922. The van der Waals surface area contributed by atoms with Gasteiger partial charge in [-0.3, -0.25) is 9.59 Å². The smallest absolute Gasteiger partial charge is 0.280 e. The second kappa shape index (κ2) is 7.19. The molecule has 1 aliphatic heterocycles. The van der Waals surface area contributed by atoms with E-state index in [1.165, 1.54) is 6.07 Å². The first kappa shape index (κ1) is 16.6. The Hall–Kier alpha value is -2.83. The van der Waals surface area contributed by atoms with E-state index in [0.29, 0.717) is 24.5 Å². The molecule has 0 spiro atoms.